The summed E-state index contributed by atoms with van der Waals surface area (Å²) in [5.74, 6) is 1.56. The monoisotopic (exact) mass is 472 g/mol. The lowest BCUT2D eigenvalue weighted by Crippen LogP contribution is -2.41. The molecule has 1 N–H and O–H groups in total. The van der Waals surface area contributed by atoms with E-state index < -0.39 is 6.10 Å². The normalized spacial score (nSPS) is 18.0. The van der Waals surface area contributed by atoms with Crippen molar-refractivity contribution in [3.05, 3.63) is 88.9 Å². The van der Waals surface area contributed by atoms with Gasteiger partial charge in [-0.1, -0.05) is 42.8 Å². The van der Waals surface area contributed by atoms with Gasteiger partial charge in [-0.3, -0.25) is 9.59 Å². The minimum Gasteiger partial charge on any atom is -0.481 e. The molecule has 1 aromatic heterocycles. The molecule has 0 radical (unpaired) electrons. The van der Waals surface area contributed by atoms with E-state index in [1.165, 1.54) is 11.1 Å². The highest BCUT2D eigenvalue weighted by atomic mass is 16.5. The van der Waals surface area contributed by atoms with Gasteiger partial charge in [0.05, 0.1) is 18.8 Å². The molecular formula is C29H32N2O4. The number of aryl methyl sites for hydroxylation is 1. The molecule has 2 amide bonds. The first kappa shape index (κ1) is 23.2. The van der Waals surface area contributed by atoms with E-state index in [1.807, 2.05) is 30.0 Å². The fourth-order valence-electron chi connectivity index (χ4n) is 4.76. The summed E-state index contributed by atoms with van der Waals surface area (Å²) in [6, 6.07) is 17.9. The average molecular weight is 473 g/mol. The van der Waals surface area contributed by atoms with Crippen LogP contribution >= 0.6 is 0 Å². The van der Waals surface area contributed by atoms with Gasteiger partial charge in [0.1, 0.15) is 11.5 Å². The molecule has 1 saturated carbocycles. The highest BCUT2D eigenvalue weighted by molar-refractivity contribution is 5.82. The average Bonchev–Trinajstić information content (AvgIpc) is 3.60. The highest BCUT2D eigenvalue weighted by Crippen LogP contribution is 2.41. The number of furan rings is 1. The first-order valence-corrected chi connectivity index (χ1v) is 12.5. The van der Waals surface area contributed by atoms with Gasteiger partial charge in [-0.05, 0) is 73.6 Å². The van der Waals surface area contributed by atoms with E-state index >= 15 is 0 Å². The molecule has 2 heterocycles. The summed E-state index contributed by atoms with van der Waals surface area (Å²) in [6.07, 6.45) is 4.29. The van der Waals surface area contributed by atoms with Gasteiger partial charge >= 0.3 is 0 Å². The molecule has 2 aromatic carbocycles. The van der Waals surface area contributed by atoms with Crippen LogP contribution in [-0.4, -0.2) is 29.4 Å². The van der Waals surface area contributed by atoms with Crippen LogP contribution in [0.2, 0.25) is 0 Å². The molecule has 2 aliphatic rings. The molecule has 1 fully saturated rings. The van der Waals surface area contributed by atoms with E-state index in [0.29, 0.717) is 31.0 Å². The number of carbonyl (C=O) groups is 2. The third-order valence-electron chi connectivity index (χ3n) is 6.91. The zero-order valence-electron chi connectivity index (χ0n) is 20.3. The maximum Gasteiger partial charge on any atom is 0.261 e. The summed E-state index contributed by atoms with van der Waals surface area (Å²) >= 11 is 0. The number of hydrogen-bond donors (Lipinski definition) is 1. The molecule has 0 bridgehead atoms. The summed E-state index contributed by atoms with van der Waals surface area (Å²) in [4.78, 5) is 28.0. The van der Waals surface area contributed by atoms with Crippen LogP contribution in [0.4, 0.5) is 0 Å². The number of ether oxygens (including phenoxy) is 1. The molecule has 0 unspecified atom stereocenters. The van der Waals surface area contributed by atoms with E-state index in [9.17, 15) is 9.59 Å². The lowest BCUT2D eigenvalue weighted by molar-refractivity contribution is -0.134. The molecule has 182 valence electrons. The van der Waals surface area contributed by atoms with Crippen molar-refractivity contribution in [2.45, 2.75) is 58.2 Å². The Hall–Kier alpha value is -3.54. The molecule has 35 heavy (non-hydrogen) atoms. The van der Waals surface area contributed by atoms with Crippen LogP contribution in [0, 0.1) is 12.8 Å². The fourth-order valence-corrected chi connectivity index (χ4v) is 4.76. The van der Waals surface area contributed by atoms with Crippen molar-refractivity contribution in [3.63, 3.8) is 0 Å². The van der Waals surface area contributed by atoms with Crippen LogP contribution in [0.5, 0.6) is 5.75 Å². The standard InChI is InChI=1S/C29H32N2O4/c1-3-26(28(32)30-18-24-5-4-16-34-24)35-23-13-12-20-14-15-31(29(33)22-10-11-22)27(25(20)17-23)21-8-6-19(2)7-9-21/h4-9,12-13,16-17,22,26-27H,3,10-11,14-15,18H2,1-2H3,(H,30,32)/t26-,27+/m1/s1. The van der Waals surface area contributed by atoms with E-state index in [-0.39, 0.29) is 23.8 Å². The topological polar surface area (TPSA) is 71.8 Å². The zero-order chi connectivity index (χ0) is 24.4. The Morgan fingerprint density at radius 2 is 1.94 bits per heavy atom. The van der Waals surface area contributed by atoms with Gasteiger partial charge in [-0.2, -0.15) is 0 Å². The Balaban J connectivity index is 1.40. The van der Waals surface area contributed by atoms with Crippen molar-refractivity contribution in [1.82, 2.24) is 10.2 Å². The Kier molecular flexibility index (Phi) is 6.62. The number of nitrogens with one attached hydrogen (secondary N) is 1. The third kappa shape index (κ3) is 5.11. The quantitative estimate of drug-likeness (QED) is 0.504. The van der Waals surface area contributed by atoms with Crippen LogP contribution in [0.3, 0.4) is 0 Å². The molecule has 6 nitrogen and oxygen atoms in total. The highest BCUT2D eigenvalue weighted by Gasteiger charge is 2.39. The number of carbonyl (C=O) groups excluding carboxylic acids is 2. The minimum atomic E-state index is -0.617. The summed E-state index contributed by atoms with van der Waals surface area (Å²) in [7, 11) is 0. The molecule has 0 spiro atoms. The number of fused-ring (bicyclic) bond motifs is 1. The fraction of sp³-hybridized carbons (Fsp3) is 0.379. The predicted molar refractivity (Wildman–Crippen MR) is 133 cm³/mol. The second-order valence-corrected chi connectivity index (χ2v) is 9.54. The largest absolute Gasteiger partial charge is 0.481 e. The van der Waals surface area contributed by atoms with E-state index in [2.05, 4.69) is 42.6 Å². The maximum absolute atomic E-state index is 13.2. The van der Waals surface area contributed by atoms with Crippen molar-refractivity contribution in [2.75, 3.05) is 6.54 Å². The van der Waals surface area contributed by atoms with E-state index in [4.69, 9.17) is 9.15 Å². The molecule has 2 atom stereocenters. The van der Waals surface area contributed by atoms with Crippen molar-refractivity contribution >= 4 is 11.8 Å². The van der Waals surface area contributed by atoms with Gasteiger partial charge in [0.15, 0.2) is 6.10 Å². The molecule has 0 saturated heterocycles. The summed E-state index contributed by atoms with van der Waals surface area (Å²) in [5, 5.41) is 2.89. The van der Waals surface area contributed by atoms with E-state index in [0.717, 1.165) is 30.4 Å². The van der Waals surface area contributed by atoms with Gasteiger partial charge in [-0.15, -0.1) is 0 Å². The van der Waals surface area contributed by atoms with E-state index in [1.54, 1.807) is 12.3 Å². The first-order chi connectivity index (χ1) is 17.0. The van der Waals surface area contributed by atoms with Crippen molar-refractivity contribution in [1.29, 1.82) is 0 Å². The third-order valence-corrected chi connectivity index (χ3v) is 6.91. The van der Waals surface area contributed by atoms with Crippen molar-refractivity contribution in [2.24, 2.45) is 5.92 Å². The Labute approximate surface area is 206 Å². The van der Waals surface area contributed by atoms with Crippen molar-refractivity contribution in [3.8, 4) is 5.75 Å². The number of nitrogens with zero attached hydrogens (tertiary/aromatic N) is 1. The summed E-state index contributed by atoms with van der Waals surface area (Å²) in [5.41, 5.74) is 4.59. The number of rotatable bonds is 8. The predicted octanol–water partition coefficient (Wildman–Crippen LogP) is 4.95. The van der Waals surface area contributed by atoms with Gasteiger partial charge < -0.3 is 19.4 Å². The molecule has 1 aliphatic heterocycles. The Bertz CT molecular complexity index is 1180. The van der Waals surface area contributed by atoms with Gasteiger partial charge in [0.25, 0.3) is 5.91 Å². The second kappa shape index (κ2) is 9.98. The summed E-state index contributed by atoms with van der Waals surface area (Å²) in [6.45, 7) is 5.04. The van der Waals surface area contributed by atoms with Crippen LogP contribution in [0.25, 0.3) is 0 Å². The summed E-state index contributed by atoms with van der Waals surface area (Å²) < 4.78 is 11.5. The second-order valence-electron chi connectivity index (χ2n) is 9.54. The lowest BCUT2D eigenvalue weighted by Gasteiger charge is -2.38. The Morgan fingerprint density at radius 3 is 2.63 bits per heavy atom. The molecule has 5 rings (SSSR count). The number of hydrogen-bond acceptors (Lipinski definition) is 4. The van der Waals surface area contributed by atoms with Crippen LogP contribution in [0.15, 0.2) is 65.3 Å². The van der Waals surface area contributed by atoms with Crippen LogP contribution in [-0.2, 0) is 22.6 Å². The Morgan fingerprint density at radius 1 is 1.14 bits per heavy atom. The van der Waals surface area contributed by atoms with Gasteiger partial charge in [0, 0.05) is 12.5 Å². The number of amides is 2. The smallest absolute Gasteiger partial charge is 0.261 e. The molecule has 3 aromatic rings. The molecular weight excluding hydrogens is 440 g/mol. The zero-order valence-corrected chi connectivity index (χ0v) is 20.3. The van der Waals surface area contributed by atoms with Gasteiger partial charge in [-0.25, -0.2) is 0 Å². The molecule has 6 heteroatoms. The minimum absolute atomic E-state index is 0.149. The maximum atomic E-state index is 13.2. The number of benzene rings is 2. The molecule has 1 aliphatic carbocycles. The first-order valence-electron chi connectivity index (χ1n) is 12.5. The SMILES string of the molecule is CC[C@@H](Oc1ccc2c(c1)[C@H](c1ccc(C)cc1)N(C(=O)C1CC1)CC2)C(=O)NCc1ccco1. The van der Waals surface area contributed by atoms with Crippen molar-refractivity contribution < 1.29 is 18.7 Å². The van der Waals surface area contributed by atoms with Crippen LogP contribution < -0.4 is 10.1 Å². The lowest BCUT2D eigenvalue weighted by atomic mass is 9.87. The van der Waals surface area contributed by atoms with Gasteiger partial charge in [0.2, 0.25) is 5.91 Å². The van der Waals surface area contributed by atoms with Crippen LogP contribution in [0.1, 0.15) is 60.2 Å².